The molecule has 0 fully saturated rings. The highest BCUT2D eigenvalue weighted by molar-refractivity contribution is 5.97. The summed E-state index contributed by atoms with van der Waals surface area (Å²) in [5.74, 6) is -0.942. The SMILES string of the molecule is CC[C@@H](C)c1ccccc1NC(=O)[C@@H](C)OC(=O)/C=C/c1ccccc1[N+](=O)[O-]. The molecule has 0 aliphatic heterocycles. The quantitative estimate of drug-likeness (QED) is 0.302. The van der Waals surface area contributed by atoms with Gasteiger partial charge in [-0.3, -0.25) is 14.9 Å². The van der Waals surface area contributed by atoms with Gasteiger partial charge in [-0.25, -0.2) is 4.79 Å². The Bertz CT molecular complexity index is 923. The van der Waals surface area contributed by atoms with E-state index >= 15 is 0 Å². The maximum atomic E-state index is 12.4. The number of para-hydroxylation sites is 2. The van der Waals surface area contributed by atoms with E-state index in [4.69, 9.17) is 4.74 Å². The minimum Gasteiger partial charge on any atom is -0.449 e. The Kier molecular flexibility index (Phi) is 7.65. The first-order valence-corrected chi connectivity index (χ1v) is 9.35. The lowest BCUT2D eigenvalue weighted by Crippen LogP contribution is -2.29. The van der Waals surface area contributed by atoms with Gasteiger partial charge in [-0.1, -0.05) is 44.2 Å². The second-order valence-electron chi connectivity index (χ2n) is 6.61. The zero-order chi connectivity index (χ0) is 21.4. The number of hydrogen-bond acceptors (Lipinski definition) is 5. The molecule has 0 saturated carbocycles. The van der Waals surface area contributed by atoms with Crippen molar-refractivity contribution in [2.75, 3.05) is 5.32 Å². The van der Waals surface area contributed by atoms with Crippen molar-refractivity contribution in [1.29, 1.82) is 0 Å². The van der Waals surface area contributed by atoms with Gasteiger partial charge in [-0.2, -0.15) is 0 Å². The molecular weight excluding hydrogens is 372 g/mol. The van der Waals surface area contributed by atoms with Gasteiger partial charge in [0.15, 0.2) is 6.10 Å². The second kappa shape index (κ2) is 10.2. The van der Waals surface area contributed by atoms with E-state index in [-0.39, 0.29) is 17.2 Å². The number of esters is 1. The maximum Gasteiger partial charge on any atom is 0.331 e. The number of nitrogens with zero attached hydrogens (tertiary/aromatic N) is 1. The van der Waals surface area contributed by atoms with Gasteiger partial charge >= 0.3 is 5.97 Å². The highest BCUT2D eigenvalue weighted by atomic mass is 16.6. The third kappa shape index (κ3) is 6.00. The fourth-order valence-electron chi connectivity index (χ4n) is 2.71. The Balaban J connectivity index is 2.02. The number of nitrogens with one attached hydrogen (secondary N) is 1. The Morgan fingerprint density at radius 3 is 2.48 bits per heavy atom. The smallest absolute Gasteiger partial charge is 0.331 e. The van der Waals surface area contributed by atoms with Gasteiger partial charge < -0.3 is 10.1 Å². The van der Waals surface area contributed by atoms with E-state index in [0.717, 1.165) is 18.1 Å². The van der Waals surface area contributed by atoms with Gasteiger partial charge in [0, 0.05) is 17.8 Å². The van der Waals surface area contributed by atoms with Crippen LogP contribution in [0.15, 0.2) is 54.6 Å². The van der Waals surface area contributed by atoms with Gasteiger partial charge in [-0.05, 0) is 43.0 Å². The van der Waals surface area contributed by atoms with E-state index in [1.54, 1.807) is 6.07 Å². The summed E-state index contributed by atoms with van der Waals surface area (Å²) in [6.45, 7) is 5.61. The molecule has 0 aliphatic carbocycles. The molecular formula is C22H24N2O5. The number of carbonyl (C=O) groups is 2. The summed E-state index contributed by atoms with van der Waals surface area (Å²) < 4.78 is 5.13. The van der Waals surface area contributed by atoms with Gasteiger partial charge in [0.05, 0.1) is 10.5 Å². The molecule has 1 N–H and O–H groups in total. The van der Waals surface area contributed by atoms with Crippen LogP contribution in [0.3, 0.4) is 0 Å². The molecule has 0 spiro atoms. The molecule has 2 aromatic rings. The first-order valence-electron chi connectivity index (χ1n) is 9.35. The van der Waals surface area contributed by atoms with Crippen LogP contribution in [-0.2, 0) is 14.3 Å². The number of hydrogen-bond donors (Lipinski definition) is 1. The third-order valence-electron chi connectivity index (χ3n) is 4.56. The van der Waals surface area contributed by atoms with Crippen LogP contribution >= 0.6 is 0 Å². The summed E-state index contributed by atoms with van der Waals surface area (Å²) in [4.78, 5) is 34.9. The minimum atomic E-state index is -1.03. The lowest BCUT2D eigenvalue weighted by molar-refractivity contribution is -0.385. The first kappa shape index (κ1) is 21.8. The van der Waals surface area contributed by atoms with Crippen molar-refractivity contribution in [1.82, 2.24) is 0 Å². The maximum absolute atomic E-state index is 12.4. The van der Waals surface area contributed by atoms with Crippen molar-refractivity contribution >= 4 is 29.3 Å². The highest BCUT2D eigenvalue weighted by Crippen LogP contribution is 2.26. The Morgan fingerprint density at radius 1 is 1.14 bits per heavy atom. The molecule has 2 aromatic carbocycles. The minimum absolute atomic E-state index is 0.121. The van der Waals surface area contributed by atoms with Crippen LogP contribution < -0.4 is 5.32 Å². The van der Waals surface area contributed by atoms with Crippen molar-refractivity contribution < 1.29 is 19.2 Å². The van der Waals surface area contributed by atoms with Gasteiger partial charge in [0.1, 0.15) is 0 Å². The molecule has 7 nitrogen and oxygen atoms in total. The molecule has 0 saturated heterocycles. The fourth-order valence-corrected chi connectivity index (χ4v) is 2.71. The monoisotopic (exact) mass is 396 g/mol. The van der Waals surface area contributed by atoms with Crippen LogP contribution in [0.1, 0.15) is 44.2 Å². The summed E-state index contributed by atoms with van der Waals surface area (Å²) >= 11 is 0. The fraction of sp³-hybridized carbons (Fsp3) is 0.273. The van der Waals surface area contributed by atoms with Crippen molar-refractivity contribution in [2.45, 2.75) is 39.2 Å². The molecule has 152 valence electrons. The Morgan fingerprint density at radius 2 is 1.79 bits per heavy atom. The van der Waals surface area contributed by atoms with E-state index < -0.39 is 22.9 Å². The van der Waals surface area contributed by atoms with E-state index in [1.807, 2.05) is 24.3 Å². The number of rotatable bonds is 8. The van der Waals surface area contributed by atoms with Crippen molar-refractivity contribution in [2.24, 2.45) is 0 Å². The van der Waals surface area contributed by atoms with Crippen LogP contribution in [0, 0.1) is 10.1 Å². The van der Waals surface area contributed by atoms with Crippen molar-refractivity contribution in [3.8, 4) is 0 Å². The van der Waals surface area contributed by atoms with Crippen LogP contribution in [0.2, 0.25) is 0 Å². The number of nitro groups is 1. The average Bonchev–Trinajstić information content (AvgIpc) is 2.72. The standard InChI is InChI=1S/C22H24N2O5/c1-4-15(2)18-10-6-7-11-19(18)23-22(26)16(3)29-21(25)14-13-17-9-5-8-12-20(17)24(27)28/h5-16H,4H2,1-3H3,(H,23,26)/b14-13+/t15-,16-/m1/s1. The number of ether oxygens (including phenoxy) is 1. The number of anilines is 1. The van der Waals surface area contributed by atoms with Crippen LogP contribution in [-0.4, -0.2) is 22.9 Å². The summed E-state index contributed by atoms with van der Waals surface area (Å²) in [7, 11) is 0. The molecule has 2 rings (SSSR count). The van der Waals surface area contributed by atoms with Crippen molar-refractivity contribution in [3.05, 3.63) is 75.8 Å². The molecule has 2 atom stereocenters. The number of benzene rings is 2. The summed E-state index contributed by atoms with van der Waals surface area (Å²) in [5, 5.41) is 13.8. The van der Waals surface area contributed by atoms with E-state index in [9.17, 15) is 19.7 Å². The van der Waals surface area contributed by atoms with Gasteiger partial charge in [-0.15, -0.1) is 0 Å². The van der Waals surface area contributed by atoms with Crippen molar-refractivity contribution in [3.63, 3.8) is 0 Å². The summed E-state index contributed by atoms with van der Waals surface area (Å²) in [5.41, 5.74) is 1.85. The molecule has 7 heteroatoms. The molecule has 0 heterocycles. The second-order valence-corrected chi connectivity index (χ2v) is 6.61. The van der Waals surface area contributed by atoms with Gasteiger partial charge in [0.2, 0.25) is 0 Å². The van der Waals surface area contributed by atoms with Crippen LogP contribution in [0.5, 0.6) is 0 Å². The Labute approximate surface area is 169 Å². The Hall–Kier alpha value is -3.48. The molecule has 0 aromatic heterocycles. The van der Waals surface area contributed by atoms with Gasteiger partial charge in [0.25, 0.3) is 11.6 Å². The topological polar surface area (TPSA) is 98.5 Å². The molecule has 0 radical (unpaired) electrons. The lowest BCUT2D eigenvalue weighted by Gasteiger charge is -2.17. The number of carbonyl (C=O) groups excluding carboxylic acids is 2. The normalized spacial score (nSPS) is 12.9. The predicted octanol–water partition coefficient (Wildman–Crippen LogP) is 4.69. The predicted molar refractivity (Wildman–Crippen MR) is 111 cm³/mol. The number of amides is 1. The molecule has 1 amide bonds. The van der Waals surface area contributed by atoms with E-state index in [0.29, 0.717) is 5.69 Å². The first-order chi connectivity index (χ1) is 13.8. The van der Waals surface area contributed by atoms with Crippen LogP contribution in [0.4, 0.5) is 11.4 Å². The molecule has 0 unspecified atom stereocenters. The van der Waals surface area contributed by atoms with Crippen LogP contribution in [0.25, 0.3) is 6.08 Å². The average molecular weight is 396 g/mol. The third-order valence-corrected chi connectivity index (χ3v) is 4.56. The van der Waals surface area contributed by atoms with E-state index in [1.165, 1.54) is 31.2 Å². The highest BCUT2D eigenvalue weighted by Gasteiger charge is 2.19. The molecule has 29 heavy (non-hydrogen) atoms. The summed E-state index contributed by atoms with van der Waals surface area (Å²) in [6, 6.07) is 13.5. The molecule has 0 aliphatic rings. The largest absolute Gasteiger partial charge is 0.449 e. The zero-order valence-electron chi connectivity index (χ0n) is 16.6. The molecule has 0 bridgehead atoms. The van der Waals surface area contributed by atoms with E-state index in [2.05, 4.69) is 19.2 Å². The lowest BCUT2D eigenvalue weighted by atomic mass is 9.97. The number of nitro benzene ring substituents is 1. The zero-order valence-corrected chi connectivity index (χ0v) is 16.6. The summed E-state index contributed by atoms with van der Waals surface area (Å²) in [6.07, 6.45) is 2.26.